The van der Waals surface area contributed by atoms with Crippen LogP contribution >= 0.6 is 12.6 Å². The van der Waals surface area contributed by atoms with Gasteiger partial charge < -0.3 is 157 Å². The number of amides is 12. The fraction of sp³-hybridized carbons (Fsp3) is 0.603. The molecule has 0 fully saturated rings. The van der Waals surface area contributed by atoms with E-state index >= 15 is 9.59 Å². The lowest BCUT2D eigenvalue weighted by Gasteiger charge is -2.29. The molecule has 0 aliphatic rings. The number of hydrogen-bond acceptors (Lipinski definition) is 23. The maximum atomic E-state index is 15.0. The summed E-state index contributed by atoms with van der Waals surface area (Å²) < 4.78 is 5.41. The number of nitrogens with two attached hydrogens (primary N) is 9. The van der Waals surface area contributed by atoms with Gasteiger partial charge in [-0.15, -0.1) is 0 Å². The van der Waals surface area contributed by atoms with E-state index in [9.17, 15) is 52.7 Å². The maximum Gasteiger partial charge on any atom is 0.246 e. The van der Waals surface area contributed by atoms with E-state index in [4.69, 9.17) is 99.6 Å². The SMILES string of the molecule is CC(=O)NCCOCC(=O)N[C@@H](Cc1ccc(C(C)=O)cc1)C(=O)N[C@H](CCCNC(=N)N)C(=O)N[C@H](CCCNC(=N)N)C(=O)N[C@H](CCCNC(=N)N)C(=O)N[C@H](CCCNC(=N)N)C(=O)N[C@H](CCCNC(=N)N)C(=O)N[C@H](CCCNC(=N)N)C(=O)N[C@H](CCCNC(=N)N)C(=O)N[C@H](CCCNC(=N)N)C(=O)N[C@H](CS)C(N)=O. The van der Waals surface area contributed by atoms with Crippen molar-refractivity contribution in [2.24, 2.45) is 51.6 Å². The normalized spacial score (nSPS) is 13.2. The van der Waals surface area contributed by atoms with Crippen LogP contribution in [0.3, 0.4) is 0 Å². The highest BCUT2D eigenvalue weighted by molar-refractivity contribution is 7.80. The molecule has 1 rings (SSSR count). The van der Waals surface area contributed by atoms with Gasteiger partial charge >= 0.3 is 0 Å². The summed E-state index contributed by atoms with van der Waals surface area (Å²) >= 11 is 4.09. The second kappa shape index (κ2) is 58.8. The predicted molar refractivity (Wildman–Crippen MR) is 445 cm³/mol. The molecule has 1 aromatic carbocycles. The molecule has 45 N–H and O–H groups in total. The van der Waals surface area contributed by atoms with Gasteiger partial charge in [-0.2, -0.15) is 12.6 Å². The molecule has 0 saturated carbocycles. The highest BCUT2D eigenvalue weighted by atomic mass is 32.1. The molecular formula is C68H124N36O14S. The van der Waals surface area contributed by atoms with Gasteiger partial charge in [-0.1, -0.05) is 24.3 Å². The smallest absolute Gasteiger partial charge is 0.246 e. The number of hydrogen-bond donors (Lipinski definition) is 37. The molecule has 51 heteroatoms. The zero-order chi connectivity index (χ0) is 89.5. The number of ether oxygens (including phenoxy) is 1. The second-order valence-electron chi connectivity index (χ2n) is 27.1. The van der Waals surface area contributed by atoms with Gasteiger partial charge in [0.1, 0.15) is 67.0 Å². The number of benzene rings is 1. The molecule has 0 aromatic heterocycles. The Morgan fingerprint density at radius 1 is 0.311 bits per heavy atom. The third kappa shape index (κ3) is 48.9. The maximum absolute atomic E-state index is 15.0. The minimum Gasteiger partial charge on any atom is -0.370 e. The molecule has 50 nitrogen and oxygen atoms in total. The van der Waals surface area contributed by atoms with E-state index in [1.807, 2.05) is 0 Å². The Labute approximate surface area is 693 Å². The number of carbonyl (C=O) groups is 13. The molecule has 0 spiro atoms. The zero-order valence-corrected chi connectivity index (χ0v) is 67.8. The first-order valence-electron chi connectivity index (χ1n) is 38.2. The minimum absolute atomic E-state index is 0.00160. The van der Waals surface area contributed by atoms with Crippen molar-refractivity contribution in [2.45, 2.75) is 183 Å². The van der Waals surface area contributed by atoms with Gasteiger partial charge in [0.2, 0.25) is 70.9 Å². The molecule has 12 amide bonds. The van der Waals surface area contributed by atoms with Gasteiger partial charge in [0, 0.05) is 83.6 Å². The molecule has 119 heavy (non-hydrogen) atoms. The molecule has 666 valence electrons. The lowest BCUT2D eigenvalue weighted by molar-refractivity contribution is -0.136. The summed E-state index contributed by atoms with van der Waals surface area (Å²) in [4.78, 5) is 182. The molecule has 0 aliphatic heterocycles. The average molecular weight is 1700 g/mol. The number of primary amides is 1. The number of Topliss-reactive ketones (excluding diaryl/α,β-unsaturated/α-hetero) is 1. The van der Waals surface area contributed by atoms with E-state index in [2.05, 4.69) is 114 Å². The van der Waals surface area contributed by atoms with Gasteiger partial charge in [-0.05, 0) is 115 Å². The highest BCUT2D eigenvalue weighted by Gasteiger charge is 2.37. The lowest BCUT2D eigenvalue weighted by Crippen LogP contribution is -2.61. The van der Waals surface area contributed by atoms with Crippen LogP contribution < -0.4 is 153 Å². The van der Waals surface area contributed by atoms with Crippen LogP contribution in [0.4, 0.5) is 0 Å². The van der Waals surface area contributed by atoms with E-state index < -0.39 is 180 Å². The van der Waals surface area contributed by atoms with Crippen LogP contribution in [-0.2, 0) is 68.7 Å². The van der Waals surface area contributed by atoms with Crippen molar-refractivity contribution in [2.75, 3.05) is 77.9 Å². The van der Waals surface area contributed by atoms with Crippen LogP contribution in [0.15, 0.2) is 24.3 Å². The molecule has 0 unspecified atom stereocenters. The number of ketones is 1. The molecule has 1 aromatic rings. The Balaban J connectivity index is 4.14. The highest BCUT2D eigenvalue weighted by Crippen LogP contribution is 2.14. The fourth-order valence-electron chi connectivity index (χ4n) is 11.1. The van der Waals surface area contributed by atoms with Crippen LogP contribution in [0, 0.1) is 43.3 Å². The first-order chi connectivity index (χ1) is 56.2. The average Bonchev–Trinajstić information content (AvgIpc) is 0.858. The topological polar surface area (TPSA) is 885 Å². The van der Waals surface area contributed by atoms with Gasteiger partial charge in [-0.3, -0.25) is 106 Å². The first kappa shape index (κ1) is 104. The van der Waals surface area contributed by atoms with Crippen molar-refractivity contribution in [1.29, 1.82) is 43.3 Å². The summed E-state index contributed by atoms with van der Waals surface area (Å²) in [6, 6.07) is -9.18. The molecule has 0 aliphatic carbocycles. The zero-order valence-electron chi connectivity index (χ0n) is 66.9. The summed E-state index contributed by atoms with van der Waals surface area (Å²) in [5.74, 6) is -15.0. The lowest BCUT2D eigenvalue weighted by atomic mass is 10.0. The molecule has 0 radical (unpaired) electrons. The van der Waals surface area contributed by atoms with E-state index in [0.29, 0.717) is 11.1 Å². The van der Waals surface area contributed by atoms with E-state index in [0.717, 1.165) is 0 Å². The van der Waals surface area contributed by atoms with Gasteiger partial charge in [-0.25, -0.2) is 0 Å². The number of guanidine groups is 8. The van der Waals surface area contributed by atoms with E-state index in [1.54, 1.807) is 12.1 Å². The summed E-state index contributed by atoms with van der Waals surface area (Å²) in [5, 5.41) is 111. The van der Waals surface area contributed by atoms with Crippen LogP contribution in [0.1, 0.15) is 133 Å². The van der Waals surface area contributed by atoms with Gasteiger partial charge in [0.25, 0.3) is 0 Å². The largest absolute Gasteiger partial charge is 0.370 e. The second-order valence-corrected chi connectivity index (χ2v) is 27.5. The summed E-state index contributed by atoms with van der Waals surface area (Å²) in [6.07, 6.45) is -1.95. The van der Waals surface area contributed by atoms with Crippen molar-refractivity contribution in [3.8, 4) is 0 Å². The van der Waals surface area contributed by atoms with Crippen LogP contribution in [0.5, 0.6) is 0 Å². The Kier molecular flexibility index (Phi) is 51.4. The third-order valence-corrected chi connectivity index (χ3v) is 17.5. The number of thiol groups is 1. The Morgan fingerprint density at radius 3 is 0.723 bits per heavy atom. The van der Waals surface area contributed by atoms with Crippen LogP contribution in [0.2, 0.25) is 0 Å². The summed E-state index contributed by atoms with van der Waals surface area (Å²) in [5.41, 5.74) is 50.7. The third-order valence-electron chi connectivity index (χ3n) is 17.1. The van der Waals surface area contributed by atoms with Crippen LogP contribution in [-0.4, -0.2) is 263 Å². The molecule has 0 saturated heterocycles. The van der Waals surface area contributed by atoms with Crippen molar-refractivity contribution in [1.82, 2.24) is 101 Å². The standard InChI is InChI=1S/C68H124N36O14S/c1-36(105)39-21-19-38(20-22-39)33-48(95-50(107)34-118-32-31-86-37(2)106)60(117)103-46(17-9-29-93-67(82)83)58(115)101-44(15-7-27-91-65(78)79)56(113)99-42(13-5-25-89-63(74)75)54(111)97-40(11-3-23-87-61(70)71)52(109)96-41(12-4-24-88-62(72)73)53(110)98-43(14-6-26-90-64(76)77)55(112)100-45(16-8-28-92-66(80)81)57(114)102-47(18-10-30-94-68(84)85)59(116)104-49(35-119)51(69)108/h19-22,40-49,119H,3-18,23-35H2,1-2H3,(H2,69,108)(H,86,106)(H,95,107)(H,96,109)(H,97,111)(H,98,110)(H,99,113)(H,100,112)(H,101,115)(H,102,114)(H,103,117)(H,104,116)(H4,70,71,87)(H4,72,73,88)(H4,74,75,89)(H4,76,77,90)(H4,78,79,91)(H4,80,81,92)(H4,82,83,93)(H4,84,85,94)/t40-,41-,42-,43-,44-,45-,46-,47-,48+,49-/m1/s1. The Bertz CT molecular complexity index is 3600. The molecule has 0 bridgehead atoms. The van der Waals surface area contributed by atoms with Crippen molar-refractivity contribution in [3.05, 3.63) is 35.4 Å². The Hall–Kier alpha value is -13.0. The number of nitrogens with one attached hydrogen (secondary N) is 27. The Morgan fingerprint density at radius 2 is 0.529 bits per heavy atom. The fourth-order valence-corrected chi connectivity index (χ4v) is 11.3. The molecule has 0 heterocycles. The quantitative estimate of drug-likeness (QED) is 0.00947. The number of rotatable bonds is 61. The molecular weight excluding hydrogens is 1580 g/mol. The van der Waals surface area contributed by atoms with E-state index in [-0.39, 0.29) is 192 Å². The monoisotopic (exact) mass is 1700 g/mol. The van der Waals surface area contributed by atoms with Crippen molar-refractivity contribution < 1.29 is 67.1 Å². The van der Waals surface area contributed by atoms with Crippen molar-refractivity contribution >= 4 is 137 Å². The number of carbonyl (C=O) groups excluding carboxylic acids is 13. The van der Waals surface area contributed by atoms with Crippen molar-refractivity contribution in [3.63, 3.8) is 0 Å². The summed E-state index contributed by atoms with van der Waals surface area (Å²) in [6.45, 7) is 1.83. The first-order valence-corrected chi connectivity index (χ1v) is 38.8. The van der Waals surface area contributed by atoms with Crippen LogP contribution in [0.25, 0.3) is 0 Å². The molecule has 10 atom stereocenters. The summed E-state index contributed by atoms with van der Waals surface area (Å²) in [7, 11) is 0. The van der Waals surface area contributed by atoms with Gasteiger partial charge in [0.05, 0.1) is 6.61 Å². The van der Waals surface area contributed by atoms with Gasteiger partial charge in [0.15, 0.2) is 53.5 Å². The predicted octanol–water partition coefficient (Wildman–Crippen LogP) is -11.0. The minimum atomic E-state index is -1.65. The van der Waals surface area contributed by atoms with E-state index in [1.165, 1.54) is 26.0 Å².